The molecular weight excluding hydrogens is 346 g/mol. The summed E-state index contributed by atoms with van der Waals surface area (Å²) in [6.07, 6.45) is 0. The van der Waals surface area contributed by atoms with Gasteiger partial charge in [-0.3, -0.25) is 0 Å². The molecule has 0 aliphatic rings. The van der Waals surface area contributed by atoms with Gasteiger partial charge in [-0.1, -0.05) is 0 Å². The zero-order valence-corrected chi connectivity index (χ0v) is 8.30. The second kappa shape index (κ2) is 11.9. The van der Waals surface area contributed by atoms with E-state index in [1.807, 2.05) is 0 Å². The van der Waals surface area contributed by atoms with Gasteiger partial charge in [-0.25, -0.2) is 0 Å². The molecule has 60 valence electrons. The van der Waals surface area contributed by atoms with Crippen molar-refractivity contribution in [3.8, 4) is 0 Å². The van der Waals surface area contributed by atoms with Crippen LogP contribution in [0.4, 0.5) is 0 Å². The molecule has 0 bridgehead atoms. The second-order valence-corrected chi connectivity index (χ2v) is 4.41. The minimum absolute atomic E-state index is 0.00347. The molecule has 0 aliphatic heterocycles. The van der Waals surface area contributed by atoms with Gasteiger partial charge < -0.3 is 16.6 Å². The molecule has 0 fully saturated rings. The Bertz CT molecular complexity index is 46.8. The van der Waals surface area contributed by atoms with Crippen molar-refractivity contribution in [3.05, 3.63) is 11.5 Å². The van der Waals surface area contributed by atoms with Crippen LogP contribution in [-0.4, -0.2) is 24.3 Å². The summed E-state index contributed by atoms with van der Waals surface area (Å²) in [5, 5.41) is 8.03. The van der Waals surface area contributed by atoms with Crippen molar-refractivity contribution in [2.45, 2.75) is 6.04 Å². The van der Waals surface area contributed by atoms with Crippen LogP contribution in [0.1, 0.15) is 0 Å². The van der Waals surface area contributed by atoms with E-state index < -0.39 is 22.5 Å². The first-order valence-electron chi connectivity index (χ1n) is 2.01. The first-order valence-corrected chi connectivity index (χ1v) is 7.64. The van der Waals surface area contributed by atoms with Crippen molar-refractivity contribution in [2.24, 2.45) is 0 Å². The van der Waals surface area contributed by atoms with E-state index >= 15 is 0 Å². The van der Waals surface area contributed by atoms with Crippen LogP contribution in [0.25, 0.3) is 11.5 Å². The minimum atomic E-state index is -0.593. The van der Waals surface area contributed by atoms with Gasteiger partial charge in [0.25, 0.3) is 0 Å². The third-order valence-electron chi connectivity index (χ3n) is 0.467. The summed E-state index contributed by atoms with van der Waals surface area (Å²) >= 11 is -0.472. The van der Waals surface area contributed by atoms with E-state index in [0.29, 0.717) is 0 Å². The molecule has 9 heavy (non-hydrogen) atoms. The molecule has 1 unspecified atom stereocenters. The molecule has 0 radical (unpaired) electrons. The van der Waals surface area contributed by atoms with Gasteiger partial charge in [-0.05, 0) is 0 Å². The predicted octanol–water partition coefficient (Wildman–Crippen LogP) is 1.83. The fourth-order valence-electron chi connectivity index (χ4n) is 0.0645. The van der Waals surface area contributed by atoms with Gasteiger partial charge in [-0.15, -0.1) is 6.04 Å². The summed E-state index contributed by atoms with van der Waals surface area (Å²) in [6, 6.07) is -0.593. The topological polar surface area (TPSA) is 67.8 Å². The van der Waals surface area contributed by atoms with Crippen LogP contribution in [0.5, 0.6) is 0 Å². The predicted molar refractivity (Wildman–Crippen MR) is 36.1 cm³/mol. The van der Waals surface area contributed by atoms with E-state index in [1.165, 1.54) is 0 Å². The maximum absolute atomic E-state index is 8.03. The summed E-state index contributed by atoms with van der Waals surface area (Å²) in [5.74, 6) is 0. The van der Waals surface area contributed by atoms with Crippen LogP contribution < -0.4 is 0 Å². The maximum Gasteiger partial charge on any atom is 0.0253 e. The zero-order chi connectivity index (χ0) is 7.70. The molecule has 0 aliphatic carbocycles. The fourth-order valence-corrected chi connectivity index (χ4v) is 0.0645. The molecule has 0 saturated heterocycles. The van der Waals surface area contributed by atoms with Gasteiger partial charge in [0.2, 0.25) is 0 Å². The summed E-state index contributed by atoms with van der Waals surface area (Å²) < 4.78 is 0. The number of hydrogen-bond donors (Lipinski definition) is 1. The van der Waals surface area contributed by atoms with Gasteiger partial charge in [0.15, 0.2) is 0 Å². The number of aliphatic hydroxyl groups excluding tert-OH is 1. The minimum Gasteiger partial charge on any atom is -0.679 e. The summed E-state index contributed by atoms with van der Waals surface area (Å²) in [5.41, 5.74) is 13.1. The van der Waals surface area contributed by atoms with E-state index in [9.17, 15) is 0 Å². The van der Waals surface area contributed by atoms with Gasteiger partial charge in [0.1, 0.15) is 0 Å². The smallest absolute Gasteiger partial charge is 0.0253 e. The molecule has 0 aromatic carbocycles. The van der Waals surface area contributed by atoms with E-state index in [-0.39, 0.29) is 13.2 Å². The van der Waals surface area contributed by atoms with Gasteiger partial charge in [0.05, 0.1) is 0 Å². The Kier molecular flexibility index (Phi) is 16.9. The monoisotopic (exact) mass is 353 g/mol. The Morgan fingerprint density at radius 3 is 1.89 bits per heavy atom. The Morgan fingerprint density at radius 2 is 1.89 bits per heavy atom. The summed E-state index contributed by atoms with van der Waals surface area (Å²) in [4.78, 5) is 0. The number of hydrogen-bond acceptors (Lipinski definition) is 1. The average molecular weight is 354 g/mol. The largest absolute Gasteiger partial charge is 0.679 e. The summed E-state index contributed by atoms with van der Waals surface area (Å²) in [6.45, 7) is -0.194. The molecule has 0 saturated carbocycles. The fraction of sp³-hybridized carbons (Fsp3) is 1.00. The molecular formula is C3H8Cl2N2OPt. The first kappa shape index (κ1) is 12.8. The first-order chi connectivity index (χ1) is 4.22. The molecule has 0 spiro atoms. The Hall–Kier alpha value is 1.15. The zero-order valence-electron chi connectivity index (χ0n) is 4.51. The number of nitrogens with one attached hydrogen (secondary N) is 2. The number of rotatable bonds is 2. The van der Waals surface area contributed by atoms with Gasteiger partial charge >= 0.3 is 35.3 Å². The van der Waals surface area contributed by atoms with E-state index in [2.05, 4.69) is 0 Å². The van der Waals surface area contributed by atoms with E-state index in [0.717, 1.165) is 0 Å². The third kappa shape index (κ3) is 17.6. The van der Waals surface area contributed by atoms with Gasteiger partial charge in [-0.2, -0.15) is 6.54 Å². The van der Waals surface area contributed by atoms with Crippen molar-refractivity contribution in [2.75, 3.05) is 13.2 Å². The third-order valence-corrected chi connectivity index (χ3v) is 0.467. The molecule has 3 nitrogen and oxygen atoms in total. The molecule has 0 heterocycles. The molecule has 0 rings (SSSR count). The van der Waals surface area contributed by atoms with Crippen molar-refractivity contribution in [1.29, 1.82) is 0 Å². The van der Waals surface area contributed by atoms with E-state index in [1.54, 1.807) is 0 Å². The summed E-state index contributed by atoms with van der Waals surface area (Å²) in [7, 11) is 9.75. The molecule has 3 N–H and O–H groups in total. The van der Waals surface area contributed by atoms with Crippen LogP contribution in [0.2, 0.25) is 0 Å². The Balaban J connectivity index is 0. The van der Waals surface area contributed by atoms with Crippen molar-refractivity contribution >= 4 is 18.8 Å². The van der Waals surface area contributed by atoms with Crippen LogP contribution in [0.15, 0.2) is 0 Å². The number of halogens is 2. The molecule has 0 amide bonds. The molecule has 0 aromatic heterocycles. The Morgan fingerprint density at radius 1 is 1.56 bits per heavy atom. The second-order valence-electron chi connectivity index (χ2n) is 1.13. The van der Waals surface area contributed by atoms with Crippen LogP contribution >= 0.6 is 18.8 Å². The SMILES string of the molecule is [Cl][Pt+2][Cl].[NH-]CC([NH-])CO. The van der Waals surface area contributed by atoms with Gasteiger partial charge in [0, 0.05) is 6.61 Å². The molecule has 0 aromatic rings. The number of aliphatic hydroxyl groups is 1. The van der Waals surface area contributed by atoms with Crippen molar-refractivity contribution in [3.63, 3.8) is 0 Å². The molecule has 1 atom stereocenters. The maximum atomic E-state index is 8.03. The molecule has 6 heteroatoms. The Labute approximate surface area is 71.1 Å². The van der Waals surface area contributed by atoms with Crippen LogP contribution in [0.3, 0.4) is 0 Å². The van der Waals surface area contributed by atoms with Crippen LogP contribution in [-0.2, 0) is 16.5 Å². The standard InChI is InChI=1S/C3H8N2O.2ClH.Pt/c4-1-3(5)2-6;;;/h3-6H,1-2H2;2*1H;/q-2;;;+4/p-2. The van der Waals surface area contributed by atoms with E-state index in [4.69, 9.17) is 35.4 Å². The average Bonchev–Trinajstić information content (AvgIpc) is 1.88. The van der Waals surface area contributed by atoms with Crippen molar-refractivity contribution < 1.29 is 21.6 Å². The van der Waals surface area contributed by atoms with Crippen molar-refractivity contribution in [1.82, 2.24) is 0 Å². The quantitative estimate of drug-likeness (QED) is 0.808. The van der Waals surface area contributed by atoms with Crippen LogP contribution in [0, 0.1) is 0 Å². The normalized spacial score (nSPS) is 12.1.